The zero-order chi connectivity index (χ0) is 14.7. The zero-order valence-corrected chi connectivity index (χ0v) is 14.0. The molecule has 0 amide bonds. The Kier molecular flexibility index (Phi) is 4.63. The number of fused-ring (bicyclic) bond motifs is 1. The molecule has 3 rings (SSSR count). The van der Waals surface area contributed by atoms with E-state index in [1.165, 1.54) is 26.1 Å². The van der Waals surface area contributed by atoms with Crippen molar-refractivity contribution < 1.29 is 0 Å². The number of benzene rings is 3. The van der Waals surface area contributed by atoms with Gasteiger partial charge in [-0.25, -0.2) is 0 Å². The van der Waals surface area contributed by atoms with E-state index in [1.807, 2.05) is 0 Å². The van der Waals surface area contributed by atoms with E-state index in [-0.39, 0.29) is 0 Å². The summed E-state index contributed by atoms with van der Waals surface area (Å²) in [6.07, 6.45) is 0.916. The van der Waals surface area contributed by atoms with Crippen molar-refractivity contribution in [1.82, 2.24) is 0 Å². The lowest BCUT2D eigenvalue weighted by atomic mass is 10.1. The van der Waals surface area contributed by atoms with Gasteiger partial charge in [-0.05, 0) is 69.5 Å². The molecule has 3 heteroatoms. The van der Waals surface area contributed by atoms with Gasteiger partial charge in [0.15, 0.2) is 0 Å². The van der Waals surface area contributed by atoms with Gasteiger partial charge in [0.05, 0.1) is 0 Å². The Morgan fingerprint density at radius 1 is 0.905 bits per heavy atom. The van der Waals surface area contributed by atoms with Crippen molar-refractivity contribution in [2.24, 2.45) is 5.73 Å². The van der Waals surface area contributed by atoms with E-state index in [0.717, 1.165) is 10.9 Å². The highest BCUT2D eigenvalue weighted by molar-refractivity contribution is 9.10. The topological polar surface area (TPSA) is 26.0 Å². The number of nitrogens with two attached hydrogens (primary N) is 1. The highest BCUT2D eigenvalue weighted by atomic mass is 79.9. The molecule has 0 radical (unpaired) electrons. The summed E-state index contributed by atoms with van der Waals surface area (Å²) < 4.78 is 1.13. The van der Waals surface area contributed by atoms with Crippen molar-refractivity contribution in [3.05, 3.63) is 70.7 Å². The SMILES string of the molecule is NCCc1ccc(Sc2ccc3ccccc3c2)c(Br)c1. The molecule has 0 aliphatic rings. The van der Waals surface area contributed by atoms with Crippen LogP contribution in [0.5, 0.6) is 0 Å². The smallest absolute Gasteiger partial charge is 0.0317 e. The lowest BCUT2D eigenvalue weighted by molar-refractivity contribution is 0.965. The van der Waals surface area contributed by atoms with Crippen LogP contribution in [0.4, 0.5) is 0 Å². The van der Waals surface area contributed by atoms with Gasteiger partial charge in [0.2, 0.25) is 0 Å². The minimum absolute atomic E-state index is 0.684. The Labute approximate surface area is 137 Å². The first-order chi connectivity index (χ1) is 10.3. The van der Waals surface area contributed by atoms with E-state index in [9.17, 15) is 0 Å². The van der Waals surface area contributed by atoms with Crippen LogP contribution < -0.4 is 5.73 Å². The third-order valence-electron chi connectivity index (χ3n) is 3.38. The maximum absolute atomic E-state index is 5.60. The van der Waals surface area contributed by atoms with Crippen molar-refractivity contribution in [3.63, 3.8) is 0 Å². The van der Waals surface area contributed by atoms with Crippen molar-refractivity contribution in [2.45, 2.75) is 16.2 Å². The zero-order valence-electron chi connectivity index (χ0n) is 11.6. The molecule has 0 heterocycles. The van der Waals surface area contributed by atoms with Gasteiger partial charge in [-0.2, -0.15) is 0 Å². The van der Waals surface area contributed by atoms with Crippen LogP contribution in [0.15, 0.2) is 74.9 Å². The number of hydrogen-bond donors (Lipinski definition) is 1. The van der Waals surface area contributed by atoms with Gasteiger partial charge in [0.25, 0.3) is 0 Å². The lowest BCUT2D eigenvalue weighted by Gasteiger charge is -2.08. The Hall–Kier alpha value is -1.29. The third-order valence-corrected chi connectivity index (χ3v) is 5.36. The molecule has 106 valence electrons. The van der Waals surface area contributed by atoms with E-state index >= 15 is 0 Å². The predicted octanol–water partition coefficient (Wildman–Crippen LogP) is 5.25. The lowest BCUT2D eigenvalue weighted by Crippen LogP contribution is -2.02. The van der Waals surface area contributed by atoms with Crippen molar-refractivity contribution in [2.75, 3.05) is 6.54 Å². The maximum atomic E-state index is 5.60. The number of rotatable bonds is 4. The predicted molar refractivity (Wildman–Crippen MR) is 95.0 cm³/mol. The van der Waals surface area contributed by atoms with Gasteiger partial charge in [-0.15, -0.1) is 0 Å². The average molecular weight is 358 g/mol. The van der Waals surface area contributed by atoms with Crippen LogP contribution in [0.1, 0.15) is 5.56 Å². The molecular formula is C18H16BrNS. The molecular weight excluding hydrogens is 342 g/mol. The largest absolute Gasteiger partial charge is 0.330 e. The van der Waals surface area contributed by atoms with E-state index in [4.69, 9.17) is 5.73 Å². The molecule has 0 aromatic heterocycles. The van der Waals surface area contributed by atoms with Gasteiger partial charge < -0.3 is 5.73 Å². The number of halogens is 1. The molecule has 0 saturated carbocycles. The summed E-state index contributed by atoms with van der Waals surface area (Å²) in [6, 6.07) is 21.5. The summed E-state index contributed by atoms with van der Waals surface area (Å²) in [6.45, 7) is 0.684. The summed E-state index contributed by atoms with van der Waals surface area (Å²) in [5.74, 6) is 0. The molecule has 0 aliphatic carbocycles. The van der Waals surface area contributed by atoms with Crippen LogP contribution in [0.2, 0.25) is 0 Å². The van der Waals surface area contributed by atoms with Gasteiger partial charge in [-0.3, -0.25) is 0 Å². The second-order valence-electron chi connectivity index (χ2n) is 4.91. The molecule has 0 spiro atoms. The third kappa shape index (κ3) is 3.49. The monoisotopic (exact) mass is 357 g/mol. The number of hydrogen-bond acceptors (Lipinski definition) is 2. The van der Waals surface area contributed by atoms with Crippen molar-refractivity contribution in [1.29, 1.82) is 0 Å². The van der Waals surface area contributed by atoms with Gasteiger partial charge in [-0.1, -0.05) is 48.2 Å². The summed E-state index contributed by atoms with van der Waals surface area (Å²) in [5.41, 5.74) is 6.88. The van der Waals surface area contributed by atoms with Gasteiger partial charge in [0.1, 0.15) is 0 Å². The fourth-order valence-electron chi connectivity index (χ4n) is 2.31. The molecule has 1 nitrogen and oxygen atoms in total. The van der Waals surface area contributed by atoms with Crippen LogP contribution in [-0.2, 0) is 6.42 Å². The van der Waals surface area contributed by atoms with E-state index < -0.39 is 0 Å². The highest BCUT2D eigenvalue weighted by Gasteiger charge is 2.04. The highest BCUT2D eigenvalue weighted by Crippen LogP contribution is 2.35. The van der Waals surface area contributed by atoms with Gasteiger partial charge in [0, 0.05) is 14.3 Å². The molecule has 0 bridgehead atoms. The first kappa shape index (κ1) is 14.6. The van der Waals surface area contributed by atoms with Crippen molar-refractivity contribution >= 4 is 38.5 Å². The van der Waals surface area contributed by atoms with Crippen LogP contribution in [0, 0.1) is 0 Å². The Morgan fingerprint density at radius 3 is 2.48 bits per heavy atom. The standard InChI is InChI=1S/C18H16BrNS/c19-17-11-13(9-10-20)5-8-18(17)21-16-7-6-14-3-1-2-4-15(14)12-16/h1-8,11-12H,9-10,20H2. The van der Waals surface area contributed by atoms with Crippen LogP contribution >= 0.6 is 27.7 Å². The molecule has 0 fully saturated rings. The minimum atomic E-state index is 0.684. The summed E-state index contributed by atoms with van der Waals surface area (Å²) in [4.78, 5) is 2.48. The van der Waals surface area contributed by atoms with E-state index in [1.54, 1.807) is 11.8 Å². The molecule has 3 aromatic rings. The fourth-order valence-corrected chi connectivity index (χ4v) is 3.84. The molecule has 3 aromatic carbocycles. The minimum Gasteiger partial charge on any atom is -0.330 e. The van der Waals surface area contributed by atoms with Gasteiger partial charge >= 0.3 is 0 Å². The molecule has 21 heavy (non-hydrogen) atoms. The fraction of sp³-hybridized carbons (Fsp3) is 0.111. The average Bonchev–Trinajstić information content (AvgIpc) is 2.50. The Morgan fingerprint density at radius 2 is 1.71 bits per heavy atom. The maximum Gasteiger partial charge on any atom is 0.0317 e. The summed E-state index contributed by atoms with van der Waals surface area (Å²) in [5, 5.41) is 2.55. The van der Waals surface area contributed by atoms with E-state index in [0.29, 0.717) is 6.54 Å². The second-order valence-corrected chi connectivity index (χ2v) is 6.88. The van der Waals surface area contributed by atoms with Crippen LogP contribution in [0.25, 0.3) is 10.8 Å². The van der Waals surface area contributed by atoms with Crippen LogP contribution in [0.3, 0.4) is 0 Å². The van der Waals surface area contributed by atoms with Crippen LogP contribution in [-0.4, -0.2) is 6.54 Å². The summed E-state index contributed by atoms with van der Waals surface area (Å²) >= 11 is 5.44. The summed E-state index contributed by atoms with van der Waals surface area (Å²) in [7, 11) is 0. The Bertz CT molecular complexity index is 770. The molecule has 0 unspecified atom stereocenters. The quantitative estimate of drug-likeness (QED) is 0.689. The normalized spacial score (nSPS) is 11.0. The molecule has 0 saturated heterocycles. The van der Waals surface area contributed by atoms with Crippen molar-refractivity contribution in [3.8, 4) is 0 Å². The Balaban J connectivity index is 1.87. The molecule has 2 N–H and O–H groups in total. The molecule has 0 atom stereocenters. The first-order valence-electron chi connectivity index (χ1n) is 6.91. The van der Waals surface area contributed by atoms with E-state index in [2.05, 4.69) is 76.6 Å². The first-order valence-corrected chi connectivity index (χ1v) is 8.52. The molecule has 0 aliphatic heterocycles. The second kappa shape index (κ2) is 6.65.